The Morgan fingerprint density at radius 3 is 2.95 bits per heavy atom. The molecule has 7 nitrogen and oxygen atoms in total. The van der Waals surface area contributed by atoms with Gasteiger partial charge in [-0.3, -0.25) is 4.68 Å². The number of hydrogen-bond acceptors (Lipinski definition) is 5. The van der Waals surface area contributed by atoms with Crippen molar-refractivity contribution >= 4 is 10.0 Å². The van der Waals surface area contributed by atoms with Crippen molar-refractivity contribution in [2.75, 3.05) is 19.7 Å². The number of aryl methyl sites for hydroxylation is 1. The lowest BCUT2D eigenvalue weighted by molar-refractivity contribution is 0.0799. The lowest BCUT2D eigenvalue weighted by Gasteiger charge is -2.12. The van der Waals surface area contributed by atoms with E-state index in [2.05, 4.69) is 9.82 Å². The van der Waals surface area contributed by atoms with Crippen molar-refractivity contribution in [2.24, 2.45) is 5.73 Å². The minimum absolute atomic E-state index is 0.160. The summed E-state index contributed by atoms with van der Waals surface area (Å²) in [4.78, 5) is 0.160. The summed E-state index contributed by atoms with van der Waals surface area (Å²) in [5.74, 6) is 0. The maximum Gasteiger partial charge on any atom is 0.243 e. The quantitative estimate of drug-likeness (QED) is 0.663. The van der Waals surface area contributed by atoms with Crippen molar-refractivity contribution in [2.45, 2.75) is 37.8 Å². The second kappa shape index (κ2) is 7.59. The molecule has 0 saturated heterocycles. The molecule has 3 N–H and O–H groups in total. The highest BCUT2D eigenvalue weighted by Gasteiger charge is 2.17. The van der Waals surface area contributed by atoms with Crippen molar-refractivity contribution in [3.8, 4) is 0 Å². The van der Waals surface area contributed by atoms with Crippen LogP contribution in [-0.4, -0.2) is 44.0 Å². The maximum absolute atomic E-state index is 12.0. The summed E-state index contributed by atoms with van der Waals surface area (Å²) in [5.41, 5.74) is 5.39. The molecule has 0 aliphatic rings. The fraction of sp³-hybridized carbons (Fsp3) is 0.727. The summed E-state index contributed by atoms with van der Waals surface area (Å²) in [5, 5.41) is 3.99. The van der Waals surface area contributed by atoms with E-state index in [1.165, 1.54) is 12.4 Å². The second-order valence-electron chi connectivity index (χ2n) is 4.20. The number of rotatable bonds is 9. The van der Waals surface area contributed by atoms with Gasteiger partial charge in [-0.15, -0.1) is 0 Å². The minimum atomic E-state index is -3.52. The van der Waals surface area contributed by atoms with Gasteiger partial charge in [-0.05, 0) is 26.8 Å². The number of aromatic nitrogens is 2. The summed E-state index contributed by atoms with van der Waals surface area (Å²) in [6.45, 7) is 5.64. The van der Waals surface area contributed by atoms with Crippen LogP contribution in [0.5, 0.6) is 0 Å². The highest BCUT2D eigenvalue weighted by Crippen LogP contribution is 2.07. The van der Waals surface area contributed by atoms with Gasteiger partial charge >= 0.3 is 0 Å². The zero-order valence-electron chi connectivity index (χ0n) is 11.4. The fourth-order valence-corrected chi connectivity index (χ4v) is 2.58. The molecule has 110 valence electrons. The molecule has 0 fully saturated rings. The second-order valence-corrected chi connectivity index (χ2v) is 5.97. The Kier molecular flexibility index (Phi) is 6.43. The van der Waals surface area contributed by atoms with Gasteiger partial charge in [0.2, 0.25) is 10.0 Å². The molecule has 0 bridgehead atoms. The van der Waals surface area contributed by atoms with E-state index in [1.54, 1.807) is 4.68 Å². The first-order chi connectivity index (χ1) is 8.99. The number of sulfonamides is 1. The Morgan fingerprint density at radius 2 is 2.32 bits per heavy atom. The van der Waals surface area contributed by atoms with E-state index >= 15 is 0 Å². The topological polar surface area (TPSA) is 99.2 Å². The Bertz CT molecular complexity index is 472. The van der Waals surface area contributed by atoms with Crippen molar-refractivity contribution in [3.05, 3.63) is 12.4 Å². The van der Waals surface area contributed by atoms with E-state index in [0.717, 1.165) is 6.42 Å². The summed E-state index contributed by atoms with van der Waals surface area (Å²) >= 11 is 0. The Labute approximate surface area is 114 Å². The van der Waals surface area contributed by atoms with E-state index in [1.807, 2.05) is 13.8 Å². The molecule has 0 radical (unpaired) electrons. The van der Waals surface area contributed by atoms with Crippen LogP contribution in [0.2, 0.25) is 0 Å². The SMILES string of the molecule is CCOC(C)CNS(=O)(=O)c1cnn(CCCN)c1. The summed E-state index contributed by atoms with van der Waals surface area (Å²) in [7, 11) is -3.52. The third-order valence-corrected chi connectivity index (χ3v) is 3.90. The predicted molar refractivity (Wildman–Crippen MR) is 72.2 cm³/mol. The molecule has 8 heteroatoms. The first kappa shape index (κ1) is 16.1. The van der Waals surface area contributed by atoms with Gasteiger partial charge in [-0.25, -0.2) is 13.1 Å². The molecule has 1 atom stereocenters. The molecule has 0 aromatic carbocycles. The zero-order chi connectivity index (χ0) is 14.3. The molecule has 19 heavy (non-hydrogen) atoms. The van der Waals surface area contributed by atoms with Crippen molar-refractivity contribution in [1.29, 1.82) is 0 Å². The first-order valence-electron chi connectivity index (χ1n) is 6.33. The summed E-state index contributed by atoms with van der Waals surface area (Å²) < 4.78 is 33.3. The highest BCUT2D eigenvalue weighted by molar-refractivity contribution is 7.89. The molecule has 1 unspecified atom stereocenters. The van der Waals surface area contributed by atoms with Crippen molar-refractivity contribution < 1.29 is 13.2 Å². The molecule has 1 aromatic heterocycles. The van der Waals surface area contributed by atoms with E-state index < -0.39 is 10.0 Å². The predicted octanol–water partition coefficient (Wildman–Crippen LogP) is -0.0648. The monoisotopic (exact) mass is 290 g/mol. The van der Waals surface area contributed by atoms with Crippen LogP contribution in [0.25, 0.3) is 0 Å². The van der Waals surface area contributed by atoms with Crippen LogP contribution >= 0.6 is 0 Å². The molecule has 0 amide bonds. The first-order valence-corrected chi connectivity index (χ1v) is 7.81. The van der Waals surface area contributed by atoms with Gasteiger partial charge in [0.15, 0.2) is 0 Å². The number of hydrogen-bond donors (Lipinski definition) is 2. The van der Waals surface area contributed by atoms with Crippen LogP contribution < -0.4 is 10.5 Å². The van der Waals surface area contributed by atoms with Crippen LogP contribution in [0.3, 0.4) is 0 Å². The molecule has 1 aromatic rings. The van der Waals surface area contributed by atoms with Crippen molar-refractivity contribution in [3.63, 3.8) is 0 Å². The highest BCUT2D eigenvalue weighted by atomic mass is 32.2. The molecule has 0 spiro atoms. The largest absolute Gasteiger partial charge is 0.377 e. The third kappa shape index (κ3) is 5.27. The van der Waals surface area contributed by atoms with E-state index in [0.29, 0.717) is 19.7 Å². The lowest BCUT2D eigenvalue weighted by atomic mass is 10.4. The number of nitrogens with two attached hydrogens (primary N) is 1. The zero-order valence-corrected chi connectivity index (χ0v) is 12.2. The van der Waals surface area contributed by atoms with Crippen LogP contribution in [0, 0.1) is 0 Å². The normalized spacial score (nSPS) is 13.6. The Balaban J connectivity index is 2.59. The number of nitrogens with zero attached hydrogens (tertiary/aromatic N) is 2. The maximum atomic E-state index is 12.0. The van der Waals surface area contributed by atoms with Crippen LogP contribution in [0.1, 0.15) is 20.3 Å². The fourth-order valence-electron chi connectivity index (χ4n) is 1.51. The standard InChI is InChI=1S/C11H22N4O3S/c1-3-18-10(2)7-14-19(16,17)11-8-13-15(9-11)6-4-5-12/h8-10,14H,3-7,12H2,1-2H3. The van der Waals surface area contributed by atoms with E-state index in [4.69, 9.17) is 10.5 Å². The van der Waals surface area contributed by atoms with Gasteiger partial charge < -0.3 is 10.5 Å². The summed E-state index contributed by atoms with van der Waals surface area (Å²) in [6, 6.07) is 0. The minimum Gasteiger partial charge on any atom is -0.377 e. The smallest absolute Gasteiger partial charge is 0.243 e. The van der Waals surface area contributed by atoms with Gasteiger partial charge in [0.25, 0.3) is 0 Å². The van der Waals surface area contributed by atoms with Crippen LogP contribution in [-0.2, 0) is 21.3 Å². The van der Waals surface area contributed by atoms with Gasteiger partial charge in [-0.2, -0.15) is 5.10 Å². The van der Waals surface area contributed by atoms with Gasteiger partial charge in [0.05, 0.1) is 12.3 Å². The third-order valence-electron chi connectivity index (χ3n) is 2.52. The number of nitrogens with one attached hydrogen (secondary N) is 1. The molecule has 0 saturated carbocycles. The average molecular weight is 290 g/mol. The molecule has 1 rings (SSSR count). The number of ether oxygens (including phenoxy) is 1. The lowest BCUT2D eigenvalue weighted by Crippen LogP contribution is -2.32. The van der Waals surface area contributed by atoms with Gasteiger partial charge in [-0.1, -0.05) is 0 Å². The molecular formula is C11H22N4O3S. The van der Waals surface area contributed by atoms with E-state index in [-0.39, 0.29) is 17.5 Å². The van der Waals surface area contributed by atoms with Crippen molar-refractivity contribution in [1.82, 2.24) is 14.5 Å². The Hall–Kier alpha value is -0.960. The molecular weight excluding hydrogens is 268 g/mol. The van der Waals surface area contributed by atoms with Crippen LogP contribution in [0.4, 0.5) is 0 Å². The van der Waals surface area contributed by atoms with Crippen LogP contribution in [0.15, 0.2) is 17.3 Å². The summed E-state index contributed by atoms with van der Waals surface area (Å²) in [6.07, 6.45) is 3.44. The average Bonchev–Trinajstić information content (AvgIpc) is 2.84. The van der Waals surface area contributed by atoms with Gasteiger partial charge in [0, 0.05) is 25.9 Å². The van der Waals surface area contributed by atoms with Gasteiger partial charge in [0.1, 0.15) is 4.90 Å². The van der Waals surface area contributed by atoms with E-state index in [9.17, 15) is 8.42 Å². The molecule has 0 aliphatic heterocycles. The molecule has 1 heterocycles. The Morgan fingerprint density at radius 1 is 1.58 bits per heavy atom. The molecule has 0 aliphatic carbocycles.